The first-order valence-electron chi connectivity index (χ1n) is 7.65. The lowest BCUT2D eigenvalue weighted by Crippen LogP contribution is -2.56. The first-order chi connectivity index (χ1) is 11.6. The Morgan fingerprint density at radius 1 is 1.25 bits per heavy atom. The largest absolute Gasteiger partial charge is 0.486 e. The molecule has 3 aromatic rings. The van der Waals surface area contributed by atoms with Crippen molar-refractivity contribution < 1.29 is 13.9 Å². The highest BCUT2D eigenvalue weighted by molar-refractivity contribution is 7.20. The van der Waals surface area contributed by atoms with Gasteiger partial charge in [-0.1, -0.05) is 18.2 Å². The molecule has 0 saturated carbocycles. The van der Waals surface area contributed by atoms with Gasteiger partial charge in [0.2, 0.25) is 0 Å². The first kappa shape index (κ1) is 15.0. The van der Waals surface area contributed by atoms with Crippen LogP contribution < -0.4 is 10.4 Å². The molecule has 0 aliphatic carbocycles. The fourth-order valence-electron chi connectivity index (χ4n) is 2.76. The molecule has 1 saturated heterocycles. The second-order valence-corrected chi connectivity index (χ2v) is 6.91. The summed E-state index contributed by atoms with van der Waals surface area (Å²) in [6.07, 6.45) is -0.0930. The molecule has 24 heavy (non-hydrogen) atoms. The van der Waals surface area contributed by atoms with Gasteiger partial charge in [-0.15, -0.1) is 11.3 Å². The van der Waals surface area contributed by atoms with Gasteiger partial charge in [-0.2, -0.15) is 0 Å². The van der Waals surface area contributed by atoms with Gasteiger partial charge >= 0.3 is 5.63 Å². The van der Waals surface area contributed by atoms with Gasteiger partial charge in [0.15, 0.2) is 0 Å². The van der Waals surface area contributed by atoms with Gasteiger partial charge in [-0.25, -0.2) is 4.79 Å². The molecule has 0 radical (unpaired) electrons. The summed E-state index contributed by atoms with van der Waals surface area (Å²) in [4.78, 5) is 26.3. The van der Waals surface area contributed by atoms with Crippen LogP contribution in [-0.2, 0) is 0 Å². The van der Waals surface area contributed by atoms with Crippen LogP contribution in [0, 0.1) is 6.92 Å². The van der Waals surface area contributed by atoms with Gasteiger partial charge in [0, 0.05) is 10.8 Å². The normalized spacial score (nSPS) is 14.6. The van der Waals surface area contributed by atoms with Crippen molar-refractivity contribution in [1.82, 2.24) is 4.90 Å². The summed E-state index contributed by atoms with van der Waals surface area (Å²) in [6, 6.07) is 12.9. The average Bonchev–Trinajstić information content (AvgIpc) is 2.93. The van der Waals surface area contributed by atoms with Crippen molar-refractivity contribution in [1.29, 1.82) is 0 Å². The molecule has 0 atom stereocenters. The van der Waals surface area contributed by atoms with E-state index in [4.69, 9.17) is 9.15 Å². The van der Waals surface area contributed by atoms with Crippen molar-refractivity contribution in [3.63, 3.8) is 0 Å². The fraction of sp³-hybridized carbons (Fsp3) is 0.222. The average molecular weight is 341 g/mol. The zero-order chi connectivity index (χ0) is 16.7. The molecule has 0 unspecified atom stereocenters. The van der Waals surface area contributed by atoms with E-state index in [0.717, 1.165) is 15.0 Å². The lowest BCUT2D eigenvalue weighted by molar-refractivity contribution is 0.0178. The second-order valence-electron chi connectivity index (χ2n) is 5.82. The minimum absolute atomic E-state index is 0.0276. The highest BCUT2D eigenvalue weighted by Crippen LogP contribution is 2.28. The Hall–Kier alpha value is -2.60. The molecule has 1 aromatic carbocycles. The third-order valence-electron chi connectivity index (χ3n) is 3.94. The molecule has 0 bridgehead atoms. The van der Waals surface area contributed by atoms with Crippen LogP contribution in [0.2, 0.25) is 0 Å². The Balaban J connectivity index is 1.41. The highest BCUT2D eigenvalue weighted by Gasteiger charge is 2.33. The van der Waals surface area contributed by atoms with Gasteiger partial charge < -0.3 is 14.1 Å². The Labute approximate surface area is 142 Å². The van der Waals surface area contributed by atoms with Gasteiger partial charge in [-0.05, 0) is 24.4 Å². The molecule has 1 fully saturated rings. The maximum absolute atomic E-state index is 12.5. The molecule has 0 N–H and O–H groups in total. The lowest BCUT2D eigenvalue weighted by Gasteiger charge is -2.38. The predicted octanol–water partition coefficient (Wildman–Crippen LogP) is 3.07. The molecule has 1 amide bonds. The van der Waals surface area contributed by atoms with Gasteiger partial charge in [0.25, 0.3) is 5.91 Å². The van der Waals surface area contributed by atoms with E-state index in [2.05, 4.69) is 0 Å². The maximum Gasteiger partial charge on any atom is 0.339 e. The number of hydrogen-bond acceptors (Lipinski definition) is 5. The molecule has 0 spiro atoms. The van der Waals surface area contributed by atoms with Crippen molar-refractivity contribution in [3.8, 4) is 5.75 Å². The predicted molar refractivity (Wildman–Crippen MR) is 91.9 cm³/mol. The van der Waals surface area contributed by atoms with E-state index in [0.29, 0.717) is 24.6 Å². The number of amides is 1. The van der Waals surface area contributed by atoms with Crippen molar-refractivity contribution in [2.75, 3.05) is 13.1 Å². The summed E-state index contributed by atoms with van der Waals surface area (Å²) in [5.41, 5.74) is -0.428. The Kier molecular flexibility index (Phi) is 3.61. The molecule has 5 nitrogen and oxygen atoms in total. The quantitative estimate of drug-likeness (QED) is 0.735. The Morgan fingerprint density at radius 3 is 2.79 bits per heavy atom. The lowest BCUT2D eigenvalue weighted by atomic mass is 10.1. The molecule has 1 aliphatic rings. The van der Waals surface area contributed by atoms with Crippen LogP contribution in [0.1, 0.15) is 15.4 Å². The van der Waals surface area contributed by atoms with E-state index in [1.807, 2.05) is 30.3 Å². The van der Waals surface area contributed by atoms with Crippen LogP contribution in [0.4, 0.5) is 0 Å². The van der Waals surface area contributed by atoms with Crippen molar-refractivity contribution in [3.05, 3.63) is 63.5 Å². The molecule has 122 valence electrons. The summed E-state index contributed by atoms with van der Waals surface area (Å²) in [5, 5.41) is 1.09. The van der Waals surface area contributed by atoms with E-state index in [1.54, 1.807) is 17.9 Å². The smallest absolute Gasteiger partial charge is 0.339 e. The molecular formula is C18H15NO4S. The second kappa shape index (κ2) is 5.79. The van der Waals surface area contributed by atoms with Gasteiger partial charge in [0.05, 0.1) is 24.0 Å². The van der Waals surface area contributed by atoms with E-state index in [-0.39, 0.29) is 12.0 Å². The molecule has 6 heteroatoms. The van der Waals surface area contributed by atoms with Crippen LogP contribution in [0.15, 0.2) is 51.7 Å². The Morgan fingerprint density at radius 2 is 2.04 bits per heavy atom. The highest BCUT2D eigenvalue weighted by atomic mass is 32.1. The number of likely N-dealkylation sites (tertiary alicyclic amines) is 1. The molecule has 2 aromatic heterocycles. The maximum atomic E-state index is 12.5. The number of fused-ring (bicyclic) bond motifs is 1. The minimum atomic E-state index is -0.428. The molecule has 1 aliphatic heterocycles. The molecule has 4 rings (SSSR count). The number of aryl methyl sites for hydroxylation is 1. The molecule has 3 heterocycles. The monoisotopic (exact) mass is 341 g/mol. The first-order valence-corrected chi connectivity index (χ1v) is 8.46. The number of carbonyl (C=O) groups is 1. The number of ether oxygens (including phenoxy) is 1. The number of carbonyl (C=O) groups excluding carboxylic acids is 1. The third kappa shape index (κ3) is 2.80. The van der Waals surface area contributed by atoms with Gasteiger partial charge in [-0.3, -0.25) is 4.79 Å². The van der Waals surface area contributed by atoms with Crippen LogP contribution >= 0.6 is 11.3 Å². The number of nitrogens with zero attached hydrogens (tertiary/aromatic N) is 1. The van der Waals surface area contributed by atoms with Gasteiger partial charge in [0.1, 0.15) is 17.6 Å². The number of thiophene rings is 1. The number of hydrogen-bond donors (Lipinski definition) is 0. The molecular weight excluding hydrogens is 326 g/mol. The van der Waals surface area contributed by atoms with Crippen LogP contribution in [0.5, 0.6) is 5.75 Å². The minimum Gasteiger partial charge on any atom is -0.486 e. The Bertz CT molecular complexity index is 935. The summed E-state index contributed by atoms with van der Waals surface area (Å²) < 4.78 is 11.7. The van der Waals surface area contributed by atoms with Crippen LogP contribution in [-0.4, -0.2) is 30.0 Å². The summed E-state index contributed by atoms with van der Waals surface area (Å²) in [7, 11) is 0. The number of benzene rings is 1. The van der Waals surface area contributed by atoms with E-state index in [1.165, 1.54) is 17.4 Å². The topological polar surface area (TPSA) is 59.8 Å². The van der Waals surface area contributed by atoms with E-state index in [9.17, 15) is 9.59 Å². The van der Waals surface area contributed by atoms with Crippen molar-refractivity contribution in [2.45, 2.75) is 13.0 Å². The standard InChI is InChI=1S/C18H15NO4S/c1-11-6-13(8-17(20)22-11)23-14-9-19(10-14)18(21)16-7-12-4-2-3-5-15(12)24-16/h2-8,14H,9-10H2,1H3. The number of rotatable bonds is 3. The van der Waals surface area contributed by atoms with Crippen LogP contribution in [0.3, 0.4) is 0 Å². The van der Waals surface area contributed by atoms with Crippen LogP contribution in [0.25, 0.3) is 10.1 Å². The summed E-state index contributed by atoms with van der Waals surface area (Å²) in [5.74, 6) is 1.03. The SMILES string of the molecule is Cc1cc(OC2CN(C(=O)c3cc4ccccc4s3)C2)cc(=O)o1. The van der Waals surface area contributed by atoms with Crippen molar-refractivity contribution >= 4 is 27.3 Å². The fourth-order valence-corrected chi connectivity index (χ4v) is 3.79. The van der Waals surface area contributed by atoms with E-state index < -0.39 is 5.63 Å². The summed E-state index contributed by atoms with van der Waals surface area (Å²) in [6.45, 7) is 2.74. The zero-order valence-corrected chi connectivity index (χ0v) is 13.8. The third-order valence-corrected chi connectivity index (χ3v) is 5.05. The summed E-state index contributed by atoms with van der Waals surface area (Å²) >= 11 is 1.51. The van der Waals surface area contributed by atoms with E-state index >= 15 is 0 Å². The van der Waals surface area contributed by atoms with Crippen molar-refractivity contribution in [2.24, 2.45) is 0 Å². The zero-order valence-electron chi connectivity index (χ0n) is 13.0.